The molecule has 2 N–H and O–H groups in total. The van der Waals surface area contributed by atoms with Gasteiger partial charge in [0.15, 0.2) is 0 Å². The molecule has 6 heteroatoms. The molecular formula is C21H24FNO4. The first kappa shape index (κ1) is 20.7. The Labute approximate surface area is 158 Å². The average molecular weight is 373 g/mol. The first-order valence-electron chi connectivity index (χ1n) is 8.65. The van der Waals surface area contributed by atoms with Crippen molar-refractivity contribution in [3.63, 3.8) is 0 Å². The molecular weight excluding hydrogens is 349 g/mol. The zero-order valence-corrected chi connectivity index (χ0v) is 15.6. The first-order chi connectivity index (χ1) is 12.8. The lowest BCUT2D eigenvalue weighted by atomic mass is 9.97. The average Bonchev–Trinajstić information content (AvgIpc) is 2.60. The highest BCUT2D eigenvalue weighted by Crippen LogP contribution is 2.28. The fourth-order valence-electron chi connectivity index (χ4n) is 2.84. The second-order valence-electron chi connectivity index (χ2n) is 6.41. The number of aliphatic hydroxyl groups excluding tert-OH is 2. The number of ether oxygens (including phenoxy) is 1. The van der Waals surface area contributed by atoms with Gasteiger partial charge in [0.2, 0.25) is 0 Å². The summed E-state index contributed by atoms with van der Waals surface area (Å²) >= 11 is 0. The van der Waals surface area contributed by atoms with E-state index in [2.05, 4.69) is 9.72 Å². The number of esters is 1. The standard InChI is InChI=1S/C21H24FNO4/c1-13-10-20(15-4-6-16(22)7-5-15)19(14(2)23-13)9-8-17(24)11-18(25)12-21(26)27-3/h4-10,17-18,24-25H,11-12H2,1-3H3/b9-8+. The fourth-order valence-corrected chi connectivity index (χ4v) is 2.84. The third kappa shape index (κ3) is 5.98. The molecule has 2 aromatic rings. The van der Waals surface area contributed by atoms with Gasteiger partial charge in [-0.1, -0.05) is 24.3 Å². The van der Waals surface area contributed by atoms with Crippen molar-refractivity contribution in [3.05, 3.63) is 59.2 Å². The number of benzene rings is 1. The number of halogens is 1. The minimum absolute atomic E-state index is 0.00974. The first-order valence-corrected chi connectivity index (χ1v) is 8.65. The van der Waals surface area contributed by atoms with E-state index in [-0.39, 0.29) is 18.7 Å². The Bertz CT molecular complexity index is 818. The Hall–Kier alpha value is -2.57. The lowest BCUT2D eigenvalue weighted by Gasteiger charge is -2.13. The molecule has 0 aliphatic rings. The van der Waals surface area contributed by atoms with Crippen LogP contribution >= 0.6 is 0 Å². The molecule has 2 unspecified atom stereocenters. The van der Waals surface area contributed by atoms with E-state index in [4.69, 9.17) is 0 Å². The molecule has 1 aromatic heterocycles. The smallest absolute Gasteiger partial charge is 0.308 e. The van der Waals surface area contributed by atoms with Crippen molar-refractivity contribution in [1.82, 2.24) is 4.98 Å². The van der Waals surface area contributed by atoms with E-state index in [0.717, 1.165) is 28.1 Å². The summed E-state index contributed by atoms with van der Waals surface area (Å²) in [6, 6.07) is 8.07. The maximum atomic E-state index is 13.2. The van der Waals surface area contributed by atoms with Crippen LogP contribution in [0.1, 0.15) is 29.8 Å². The predicted molar refractivity (Wildman–Crippen MR) is 101 cm³/mol. The van der Waals surface area contributed by atoms with Crippen LogP contribution in [0.5, 0.6) is 0 Å². The van der Waals surface area contributed by atoms with Crippen molar-refractivity contribution in [3.8, 4) is 11.1 Å². The molecule has 0 bridgehead atoms. The zero-order valence-electron chi connectivity index (χ0n) is 15.6. The van der Waals surface area contributed by atoms with Gasteiger partial charge in [0.1, 0.15) is 5.82 Å². The lowest BCUT2D eigenvalue weighted by Crippen LogP contribution is -2.20. The molecule has 1 aromatic carbocycles. The monoisotopic (exact) mass is 373 g/mol. The Morgan fingerprint density at radius 2 is 1.93 bits per heavy atom. The van der Waals surface area contributed by atoms with Gasteiger partial charge in [-0.25, -0.2) is 4.39 Å². The van der Waals surface area contributed by atoms with Crippen LogP contribution < -0.4 is 0 Å². The van der Waals surface area contributed by atoms with Crippen LogP contribution in [-0.2, 0) is 9.53 Å². The number of aryl methyl sites for hydroxylation is 2. The maximum absolute atomic E-state index is 13.2. The molecule has 144 valence electrons. The summed E-state index contributed by atoms with van der Waals surface area (Å²) in [6.45, 7) is 3.74. The Kier molecular flexibility index (Phi) is 7.21. The molecule has 0 amide bonds. The van der Waals surface area contributed by atoms with E-state index in [1.807, 2.05) is 19.9 Å². The van der Waals surface area contributed by atoms with Crippen LogP contribution in [0.15, 0.2) is 36.4 Å². The Balaban J connectivity index is 2.23. The molecule has 5 nitrogen and oxygen atoms in total. The van der Waals surface area contributed by atoms with E-state index in [9.17, 15) is 19.4 Å². The number of carbonyl (C=O) groups is 1. The number of aromatic nitrogens is 1. The van der Waals surface area contributed by atoms with Gasteiger partial charge in [0, 0.05) is 23.4 Å². The van der Waals surface area contributed by atoms with Crippen LogP contribution in [0, 0.1) is 19.7 Å². The van der Waals surface area contributed by atoms with Gasteiger partial charge < -0.3 is 14.9 Å². The van der Waals surface area contributed by atoms with Crippen molar-refractivity contribution in [2.24, 2.45) is 0 Å². The van der Waals surface area contributed by atoms with E-state index in [0.29, 0.717) is 0 Å². The number of rotatable bonds is 7. The summed E-state index contributed by atoms with van der Waals surface area (Å²) in [5, 5.41) is 20.0. The third-order valence-electron chi connectivity index (χ3n) is 4.16. The molecule has 0 spiro atoms. The zero-order chi connectivity index (χ0) is 20.0. The van der Waals surface area contributed by atoms with Crippen molar-refractivity contribution in [2.45, 2.75) is 38.9 Å². The highest BCUT2D eigenvalue weighted by molar-refractivity contribution is 5.76. The number of methoxy groups -OCH3 is 1. The van der Waals surface area contributed by atoms with Crippen LogP contribution in [0.25, 0.3) is 17.2 Å². The summed E-state index contributed by atoms with van der Waals surface area (Å²) in [6.07, 6.45) is 1.18. The van der Waals surface area contributed by atoms with Gasteiger partial charge in [0.05, 0.1) is 25.7 Å². The minimum atomic E-state index is -0.995. The highest BCUT2D eigenvalue weighted by atomic mass is 19.1. The van der Waals surface area contributed by atoms with Gasteiger partial charge in [0.25, 0.3) is 0 Å². The molecule has 0 aliphatic carbocycles. The summed E-state index contributed by atoms with van der Waals surface area (Å²) in [7, 11) is 1.25. The van der Waals surface area contributed by atoms with Gasteiger partial charge in [-0.2, -0.15) is 0 Å². The molecule has 2 atom stereocenters. The quantitative estimate of drug-likeness (QED) is 0.729. The molecule has 1 heterocycles. The van der Waals surface area contributed by atoms with Gasteiger partial charge >= 0.3 is 5.97 Å². The lowest BCUT2D eigenvalue weighted by molar-refractivity contribution is -0.143. The van der Waals surface area contributed by atoms with Gasteiger partial charge in [-0.15, -0.1) is 0 Å². The van der Waals surface area contributed by atoms with E-state index >= 15 is 0 Å². The minimum Gasteiger partial charge on any atom is -0.469 e. The molecule has 0 aliphatic heterocycles. The molecule has 0 saturated heterocycles. The number of pyridine rings is 1. The summed E-state index contributed by atoms with van der Waals surface area (Å²) in [5.74, 6) is -0.843. The molecule has 2 rings (SSSR count). The SMILES string of the molecule is COC(=O)CC(O)CC(O)/C=C/c1c(-c2ccc(F)cc2)cc(C)nc1C. The van der Waals surface area contributed by atoms with Gasteiger partial charge in [-0.3, -0.25) is 9.78 Å². The second kappa shape index (κ2) is 9.39. The van der Waals surface area contributed by atoms with E-state index in [1.54, 1.807) is 24.3 Å². The Morgan fingerprint density at radius 1 is 1.26 bits per heavy atom. The van der Waals surface area contributed by atoms with Crippen molar-refractivity contribution in [2.75, 3.05) is 7.11 Å². The fraction of sp³-hybridized carbons (Fsp3) is 0.333. The molecule has 0 fully saturated rings. The molecule has 0 saturated carbocycles. The second-order valence-corrected chi connectivity index (χ2v) is 6.41. The van der Waals surface area contributed by atoms with Gasteiger partial charge in [-0.05, 0) is 43.2 Å². The topological polar surface area (TPSA) is 79.7 Å². The maximum Gasteiger partial charge on any atom is 0.308 e. The Morgan fingerprint density at radius 3 is 2.56 bits per heavy atom. The van der Waals surface area contributed by atoms with Crippen molar-refractivity contribution < 1.29 is 24.1 Å². The van der Waals surface area contributed by atoms with E-state index in [1.165, 1.54) is 19.2 Å². The van der Waals surface area contributed by atoms with Crippen LogP contribution in [-0.4, -0.2) is 40.5 Å². The third-order valence-corrected chi connectivity index (χ3v) is 4.16. The number of hydrogen-bond acceptors (Lipinski definition) is 5. The van der Waals surface area contributed by atoms with Crippen LogP contribution in [0.2, 0.25) is 0 Å². The van der Waals surface area contributed by atoms with Crippen LogP contribution in [0.3, 0.4) is 0 Å². The van der Waals surface area contributed by atoms with Crippen LogP contribution in [0.4, 0.5) is 4.39 Å². The number of aliphatic hydroxyl groups is 2. The number of carbonyl (C=O) groups excluding carboxylic acids is 1. The van der Waals surface area contributed by atoms with Crippen molar-refractivity contribution in [1.29, 1.82) is 0 Å². The highest BCUT2D eigenvalue weighted by Gasteiger charge is 2.15. The summed E-state index contributed by atoms with van der Waals surface area (Å²) < 4.78 is 17.7. The largest absolute Gasteiger partial charge is 0.469 e. The van der Waals surface area contributed by atoms with Crippen molar-refractivity contribution >= 4 is 12.0 Å². The number of nitrogens with zero attached hydrogens (tertiary/aromatic N) is 1. The molecule has 27 heavy (non-hydrogen) atoms. The summed E-state index contributed by atoms with van der Waals surface area (Å²) in [4.78, 5) is 15.6. The number of hydrogen-bond donors (Lipinski definition) is 2. The predicted octanol–water partition coefficient (Wildman–Crippen LogP) is 3.19. The summed E-state index contributed by atoms with van der Waals surface area (Å²) in [5.41, 5.74) is 4.11. The van der Waals surface area contributed by atoms with E-state index < -0.39 is 18.2 Å². The molecule has 0 radical (unpaired) electrons. The normalized spacial score (nSPS) is 13.6.